The molecule has 1 fully saturated rings. The molecule has 0 bridgehead atoms. The summed E-state index contributed by atoms with van der Waals surface area (Å²) >= 11 is 0. The zero-order chi connectivity index (χ0) is 16.0. The number of sulfonamides is 1. The van der Waals surface area contributed by atoms with Crippen LogP contribution < -0.4 is 5.32 Å². The molecule has 0 radical (unpaired) electrons. The summed E-state index contributed by atoms with van der Waals surface area (Å²) in [6.45, 7) is 5.64. The van der Waals surface area contributed by atoms with Gasteiger partial charge in [-0.15, -0.1) is 0 Å². The second-order valence-corrected chi connectivity index (χ2v) is 7.66. The highest BCUT2D eigenvalue weighted by Crippen LogP contribution is 2.17. The van der Waals surface area contributed by atoms with Gasteiger partial charge in [-0.1, -0.05) is 19.8 Å². The normalized spacial score (nSPS) is 17.5. The van der Waals surface area contributed by atoms with Crippen LogP contribution >= 0.6 is 0 Å². The first-order valence-electron chi connectivity index (χ1n) is 7.92. The van der Waals surface area contributed by atoms with Crippen LogP contribution in [-0.4, -0.2) is 62.4 Å². The number of piperazine rings is 1. The maximum Gasteiger partial charge on any atom is 0.244 e. The first kappa shape index (κ1) is 17.2. The zero-order valence-electron chi connectivity index (χ0n) is 13.5. The number of nitrogens with zero attached hydrogens (tertiary/aromatic N) is 3. The fraction of sp³-hybridized carbons (Fsp3) is 0.667. The predicted octanol–water partition coefficient (Wildman–Crippen LogP) is 1.62. The van der Waals surface area contributed by atoms with Crippen molar-refractivity contribution in [2.24, 2.45) is 0 Å². The quantitative estimate of drug-likeness (QED) is 0.771. The van der Waals surface area contributed by atoms with Crippen molar-refractivity contribution in [2.45, 2.75) is 31.1 Å². The number of hydrogen-bond acceptors (Lipinski definition) is 5. The molecule has 1 aliphatic rings. The number of unbranched alkanes of at least 4 members (excludes halogenated alkanes) is 2. The molecular formula is C15H26N4O2S. The Bertz CT molecular complexity index is 551. The summed E-state index contributed by atoms with van der Waals surface area (Å²) in [7, 11) is -1.41. The number of pyridine rings is 1. The van der Waals surface area contributed by atoms with Crippen LogP contribution in [0.15, 0.2) is 23.2 Å². The molecule has 1 aromatic rings. The molecule has 0 amide bonds. The Hall–Kier alpha value is -1.18. The maximum atomic E-state index is 12.6. The minimum absolute atomic E-state index is 0.274. The van der Waals surface area contributed by atoms with E-state index < -0.39 is 10.0 Å². The molecule has 0 aliphatic carbocycles. The number of aromatic nitrogens is 1. The summed E-state index contributed by atoms with van der Waals surface area (Å²) in [6, 6.07) is 3.39. The number of nitrogens with one attached hydrogen (secondary N) is 1. The van der Waals surface area contributed by atoms with Gasteiger partial charge in [-0.2, -0.15) is 4.31 Å². The predicted molar refractivity (Wildman–Crippen MR) is 88.5 cm³/mol. The molecule has 0 spiro atoms. The smallest absolute Gasteiger partial charge is 0.244 e. The molecule has 6 nitrogen and oxygen atoms in total. The summed E-state index contributed by atoms with van der Waals surface area (Å²) in [5.41, 5.74) is 0. The average Bonchev–Trinajstić information content (AvgIpc) is 2.52. The summed E-state index contributed by atoms with van der Waals surface area (Å²) in [5, 5.41) is 3.22. The van der Waals surface area contributed by atoms with Crippen LogP contribution in [-0.2, 0) is 10.0 Å². The Kier molecular flexibility index (Phi) is 6.16. The fourth-order valence-electron chi connectivity index (χ4n) is 2.41. The molecule has 1 aromatic heterocycles. The Morgan fingerprint density at radius 1 is 1.18 bits per heavy atom. The lowest BCUT2D eigenvalue weighted by atomic mass is 10.2. The Morgan fingerprint density at radius 2 is 1.91 bits per heavy atom. The lowest BCUT2D eigenvalue weighted by molar-refractivity contribution is 0.222. The van der Waals surface area contributed by atoms with Gasteiger partial charge in [0, 0.05) is 38.9 Å². The van der Waals surface area contributed by atoms with E-state index in [2.05, 4.69) is 22.1 Å². The van der Waals surface area contributed by atoms with Crippen LogP contribution in [0.2, 0.25) is 0 Å². The minimum Gasteiger partial charge on any atom is -0.370 e. The molecular weight excluding hydrogens is 300 g/mol. The van der Waals surface area contributed by atoms with Crippen molar-refractivity contribution >= 4 is 15.8 Å². The lowest BCUT2D eigenvalue weighted by Gasteiger charge is -2.31. The highest BCUT2D eigenvalue weighted by molar-refractivity contribution is 7.89. The van der Waals surface area contributed by atoms with Gasteiger partial charge >= 0.3 is 0 Å². The third kappa shape index (κ3) is 4.41. The molecule has 0 unspecified atom stereocenters. The monoisotopic (exact) mass is 326 g/mol. The van der Waals surface area contributed by atoms with Gasteiger partial charge in [-0.3, -0.25) is 0 Å². The van der Waals surface area contributed by atoms with Crippen molar-refractivity contribution in [2.75, 3.05) is 45.1 Å². The summed E-state index contributed by atoms with van der Waals surface area (Å²) in [4.78, 5) is 6.63. The van der Waals surface area contributed by atoms with Crippen LogP contribution in [0, 0.1) is 0 Å². The van der Waals surface area contributed by atoms with Crippen LogP contribution in [0.5, 0.6) is 0 Å². The van der Waals surface area contributed by atoms with Gasteiger partial charge in [0.2, 0.25) is 10.0 Å². The van der Waals surface area contributed by atoms with Crippen molar-refractivity contribution in [3.8, 4) is 0 Å². The van der Waals surface area contributed by atoms with Gasteiger partial charge in [0.1, 0.15) is 10.7 Å². The Labute approximate surface area is 133 Å². The number of hydrogen-bond donors (Lipinski definition) is 1. The molecule has 124 valence electrons. The van der Waals surface area contributed by atoms with Crippen molar-refractivity contribution in [1.82, 2.24) is 14.2 Å². The molecule has 2 heterocycles. The Balaban J connectivity index is 1.96. The van der Waals surface area contributed by atoms with Gasteiger partial charge < -0.3 is 10.2 Å². The van der Waals surface area contributed by atoms with Gasteiger partial charge in [-0.25, -0.2) is 13.4 Å². The maximum absolute atomic E-state index is 12.6. The van der Waals surface area contributed by atoms with E-state index in [4.69, 9.17) is 0 Å². The van der Waals surface area contributed by atoms with E-state index in [0.717, 1.165) is 31.9 Å². The molecule has 1 aliphatic heterocycles. The van der Waals surface area contributed by atoms with Crippen molar-refractivity contribution in [3.05, 3.63) is 18.3 Å². The Morgan fingerprint density at radius 3 is 2.50 bits per heavy atom. The highest BCUT2D eigenvalue weighted by atomic mass is 32.2. The van der Waals surface area contributed by atoms with Crippen LogP contribution in [0.3, 0.4) is 0 Å². The van der Waals surface area contributed by atoms with Crippen LogP contribution in [0.1, 0.15) is 26.2 Å². The summed E-state index contributed by atoms with van der Waals surface area (Å²) < 4.78 is 26.6. The topological polar surface area (TPSA) is 65.5 Å². The number of anilines is 1. The molecule has 2 rings (SSSR count). The lowest BCUT2D eigenvalue weighted by Crippen LogP contribution is -2.47. The van der Waals surface area contributed by atoms with Crippen molar-refractivity contribution in [1.29, 1.82) is 0 Å². The molecule has 1 saturated heterocycles. The largest absolute Gasteiger partial charge is 0.370 e. The van der Waals surface area contributed by atoms with Gasteiger partial charge in [-0.05, 0) is 25.6 Å². The third-order valence-electron chi connectivity index (χ3n) is 3.92. The number of rotatable bonds is 7. The van der Waals surface area contributed by atoms with Crippen molar-refractivity contribution in [3.63, 3.8) is 0 Å². The van der Waals surface area contributed by atoms with E-state index >= 15 is 0 Å². The van der Waals surface area contributed by atoms with E-state index in [-0.39, 0.29) is 4.90 Å². The van der Waals surface area contributed by atoms with E-state index in [0.29, 0.717) is 13.1 Å². The molecule has 0 aromatic carbocycles. The van der Waals surface area contributed by atoms with Crippen molar-refractivity contribution < 1.29 is 8.42 Å². The molecule has 0 atom stereocenters. The molecule has 22 heavy (non-hydrogen) atoms. The minimum atomic E-state index is -3.41. The molecule has 7 heteroatoms. The van der Waals surface area contributed by atoms with E-state index in [1.54, 1.807) is 16.4 Å². The first-order valence-corrected chi connectivity index (χ1v) is 9.36. The van der Waals surface area contributed by atoms with Gasteiger partial charge in [0.25, 0.3) is 0 Å². The second kappa shape index (κ2) is 7.89. The molecule has 0 saturated carbocycles. The summed E-state index contributed by atoms with van der Waals surface area (Å²) in [6.07, 6.45) is 4.91. The number of likely N-dealkylation sites (N-methyl/N-ethyl adjacent to an activating group) is 1. The second-order valence-electron chi connectivity index (χ2n) is 5.72. The zero-order valence-corrected chi connectivity index (χ0v) is 14.3. The first-order chi connectivity index (χ1) is 10.5. The van der Waals surface area contributed by atoms with E-state index in [9.17, 15) is 8.42 Å². The average molecular weight is 326 g/mol. The third-order valence-corrected chi connectivity index (χ3v) is 5.81. The molecule has 1 N–H and O–H groups in total. The summed E-state index contributed by atoms with van der Waals surface area (Å²) in [5.74, 6) is 0.730. The van der Waals surface area contributed by atoms with Gasteiger partial charge in [0.15, 0.2) is 0 Å². The van der Waals surface area contributed by atoms with E-state index in [1.165, 1.54) is 19.0 Å². The van der Waals surface area contributed by atoms with E-state index in [1.807, 2.05) is 7.05 Å². The fourth-order valence-corrected chi connectivity index (χ4v) is 3.77. The van der Waals surface area contributed by atoms with Crippen LogP contribution in [0.25, 0.3) is 0 Å². The SMILES string of the molecule is CCCCCNc1ccc(S(=O)(=O)N2CCN(C)CC2)cn1. The standard InChI is InChI=1S/C15H26N4O2S/c1-3-4-5-8-16-15-7-6-14(13-17-15)22(20,21)19-11-9-18(2)10-12-19/h6-7,13H,3-5,8-12H2,1-2H3,(H,16,17). The van der Waals surface area contributed by atoms with Gasteiger partial charge in [0.05, 0.1) is 0 Å². The van der Waals surface area contributed by atoms with Crippen LogP contribution in [0.4, 0.5) is 5.82 Å². The highest BCUT2D eigenvalue weighted by Gasteiger charge is 2.27.